The van der Waals surface area contributed by atoms with E-state index in [4.69, 9.17) is 8.83 Å². The summed E-state index contributed by atoms with van der Waals surface area (Å²) < 4.78 is 22.2. The lowest BCUT2D eigenvalue weighted by molar-refractivity contribution is 0.587. The molecule has 0 radical (unpaired) electrons. The lowest BCUT2D eigenvalue weighted by Gasteiger charge is -2.09. The normalized spacial score (nSPS) is 11.8. The number of para-hydroxylation sites is 8. The lowest BCUT2D eigenvalue weighted by atomic mass is 10.1. The summed E-state index contributed by atoms with van der Waals surface area (Å²) in [6.45, 7) is 0. The van der Waals surface area contributed by atoms with E-state index in [1.165, 1.54) is 87.2 Å². The Hall–Kier alpha value is -13.1. The number of fused-ring (bicyclic) bond motifs is 12. The summed E-state index contributed by atoms with van der Waals surface area (Å²) in [7, 11) is 0. The molecule has 10 heterocycles. The molecule has 0 aliphatic heterocycles. The predicted octanol–water partition coefficient (Wildman–Crippen LogP) is 26.1. The van der Waals surface area contributed by atoms with Crippen LogP contribution in [-0.2, 0) is 0 Å². The van der Waals surface area contributed by atoms with Crippen LogP contribution in [0.25, 0.3) is 198 Å². The molecule has 0 amide bonds. The van der Waals surface area contributed by atoms with Crippen molar-refractivity contribution < 1.29 is 8.83 Å². The second-order valence-electron chi connectivity index (χ2n) is 26.1. The lowest BCUT2D eigenvalue weighted by Crippen LogP contribution is -1.93. The fraction of sp³-hybridized carbons (Fsp3) is 0. The van der Waals surface area contributed by atoms with E-state index in [1.807, 2.05) is 0 Å². The van der Waals surface area contributed by atoms with Crippen molar-refractivity contribution in [2.45, 2.75) is 0 Å². The van der Waals surface area contributed by atoms with E-state index < -0.39 is 0 Å². The first-order valence-electron chi connectivity index (χ1n) is 34.9. The first-order chi connectivity index (χ1) is 52.6. The fourth-order valence-corrected chi connectivity index (χ4v) is 18.9. The van der Waals surface area contributed by atoms with Crippen LogP contribution in [-0.4, -0.2) is 38.7 Å². The van der Waals surface area contributed by atoms with Crippen molar-refractivity contribution >= 4 is 133 Å². The number of thiophene rings is 4. The van der Waals surface area contributed by atoms with Crippen molar-refractivity contribution in [2.24, 2.45) is 0 Å². The summed E-state index contributed by atoms with van der Waals surface area (Å²) in [5.74, 6) is 2.10. The van der Waals surface area contributed by atoms with Crippen molar-refractivity contribution in [3.8, 4) is 110 Å². The molecule has 10 nitrogen and oxygen atoms in total. The van der Waals surface area contributed by atoms with Gasteiger partial charge in [0.15, 0.2) is 0 Å². The summed E-state index contributed by atoms with van der Waals surface area (Å²) in [6.07, 6.45) is 0. The van der Waals surface area contributed by atoms with Crippen molar-refractivity contribution in [1.29, 1.82) is 0 Å². The number of aromatic nitrogens is 8. The molecule has 500 valence electrons. The van der Waals surface area contributed by atoms with Crippen LogP contribution in [0.3, 0.4) is 0 Å². The molecule has 0 saturated carbocycles. The predicted molar refractivity (Wildman–Crippen MR) is 441 cm³/mol. The van der Waals surface area contributed by atoms with Gasteiger partial charge in [0, 0.05) is 88.1 Å². The summed E-state index contributed by atoms with van der Waals surface area (Å²) >= 11 is 6.46. The van der Waals surface area contributed by atoms with Crippen LogP contribution in [0.4, 0.5) is 0 Å². The van der Waals surface area contributed by atoms with Crippen LogP contribution in [0.5, 0.6) is 0 Å². The summed E-state index contributed by atoms with van der Waals surface area (Å²) in [5.41, 5.74) is 22.8. The quantitative estimate of drug-likeness (QED) is 0.121. The molecule has 0 unspecified atom stereocenters. The maximum Gasteiger partial charge on any atom is 0.258 e. The molecule has 0 atom stereocenters. The zero-order valence-corrected chi connectivity index (χ0v) is 59.6. The van der Waals surface area contributed by atoms with E-state index >= 15 is 0 Å². The van der Waals surface area contributed by atoms with Crippen LogP contribution in [0.2, 0.25) is 0 Å². The van der Waals surface area contributed by atoms with Crippen LogP contribution in [0, 0.1) is 0 Å². The van der Waals surface area contributed by atoms with Gasteiger partial charge in [-0.15, -0.1) is 65.7 Å². The van der Waals surface area contributed by atoms with Gasteiger partial charge in [0.25, 0.3) is 23.6 Å². The van der Waals surface area contributed by atoms with Crippen molar-refractivity contribution in [1.82, 2.24) is 38.7 Å². The van der Waals surface area contributed by atoms with E-state index in [9.17, 15) is 0 Å². The highest BCUT2D eigenvalue weighted by molar-refractivity contribution is 7.15. The molecular weight excluding hydrogens is 1380 g/mol. The van der Waals surface area contributed by atoms with Gasteiger partial charge in [0.1, 0.15) is 0 Å². The number of rotatable bonds is 12. The van der Waals surface area contributed by atoms with E-state index in [0.29, 0.717) is 23.6 Å². The molecule has 0 saturated heterocycles. The van der Waals surface area contributed by atoms with E-state index in [0.717, 1.165) is 86.8 Å². The minimum absolute atomic E-state index is 0.525. The third kappa shape index (κ3) is 10.2. The standard InChI is InChI=1S/2C46H28N4OS2/c2*1-5-13-39-35(9-1)36-10-2-6-14-40(36)49(39)31-21-17-29(18-22-31)33-25-27-52-43(33)45-47-48-46(51-45)44-34(26-28-53-44)30-19-23-32(24-20-30)50-41-15-7-3-11-37(41)38-12-4-8-16-42(38)50/h2*1-28H. The molecule has 0 N–H and O–H groups in total. The van der Waals surface area contributed by atoms with Gasteiger partial charge in [0.2, 0.25) is 0 Å². The van der Waals surface area contributed by atoms with Crippen LogP contribution >= 0.6 is 45.3 Å². The zero-order valence-electron chi connectivity index (χ0n) is 56.4. The largest absolute Gasteiger partial charge is 0.414 e. The van der Waals surface area contributed by atoms with Crippen LogP contribution < -0.4 is 0 Å². The van der Waals surface area contributed by atoms with Crippen molar-refractivity contribution in [2.75, 3.05) is 0 Å². The Kier molecular flexibility index (Phi) is 14.8. The maximum absolute atomic E-state index is 6.45. The Balaban J connectivity index is 0.000000136. The second-order valence-corrected chi connectivity index (χ2v) is 29.8. The summed E-state index contributed by atoms with van der Waals surface area (Å²) in [5, 5.41) is 36.6. The molecule has 10 aromatic heterocycles. The van der Waals surface area contributed by atoms with Crippen molar-refractivity contribution in [3.63, 3.8) is 0 Å². The smallest absolute Gasteiger partial charge is 0.258 e. The molecule has 106 heavy (non-hydrogen) atoms. The molecule has 0 fully saturated rings. The highest BCUT2D eigenvalue weighted by atomic mass is 32.1. The highest BCUT2D eigenvalue weighted by Gasteiger charge is 2.24. The van der Waals surface area contributed by atoms with Gasteiger partial charge in [-0.25, -0.2) is 0 Å². The summed E-state index contributed by atoms with van der Waals surface area (Å²) in [4.78, 5) is 3.84. The molecule has 0 aliphatic carbocycles. The molecule has 22 aromatic rings. The van der Waals surface area contributed by atoms with Gasteiger partial charge in [-0.2, -0.15) is 0 Å². The average Bonchev–Trinajstić information content (AvgIpc) is 1.61. The molecular formula is C92H56N8O2S4. The number of hydrogen-bond donors (Lipinski definition) is 0. The van der Waals surface area contributed by atoms with E-state index in [-0.39, 0.29) is 0 Å². The Morgan fingerprint density at radius 3 is 0.538 bits per heavy atom. The zero-order chi connectivity index (χ0) is 69.8. The van der Waals surface area contributed by atoms with Crippen LogP contribution in [0.15, 0.2) is 346 Å². The molecule has 0 bridgehead atoms. The van der Waals surface area contributed by atoms with Crippen molar-refractivity contribution in [3.05, 3.63) is 337 Å². The third-order valence-corrected chi connectivity index (χ3v) is 24.0. The fourth-order valence-electron chi connectivity index (χ4n) is 15.6. The molecule has 0 spiro atoms. The highest BCUT2D eigenvalue weighted by Crippen LogP contribution is 2.46. The molecule has 0 aliphatic rings. The molecule has 14 heteroatoms. The van der Waals surface area contributed by atoms with Gasteiger partial charge >= 0.3 is 0 Å². The maximum atomic E-state index is 6.45. The molecule has 12 aromatic carbocycles. The Morgan fingerprint density at radius 2 is 0.358 bits per heavy atom. The number of hydrogen-bond acceptors (Lipinski definition) is 10. The number of benzene rings is 12. The molecule has 22 rings (SSSR count). The van der Waals surface area contributed by atoms with Gasteiger partial charge in [-0.05, 0) is 165 Å². The minimum atomic E-state index is 0.525. The minimum Gasteiger partial charge on any atom is -0.414 e. The second kappa shape index (κ2) is 25.4. The average molecular weight is 1430 g/mol. The first kappa shape index (κ1) is 61.6. The first-order valence-corrected chi connectivity index (χ1v) is 38.5. The van der Waals surface area contributed by atoms with Crippen LogP contribution in [0.1, 0.15) is 0 Å². The topological polar surface area (TPSA) is 97.6 Å². The monoisotopic (exact) mass is 1430 g/mol. The van der Waals surface area contributed by atoms with Gasteiger partial charge in [-0.1, -0.05) is 194 Å². The Morgan fingerprint density at radius 1 is 0.189 bits per heavy atom. The van der Waals surface area contributed by atoms with Gasteiger partial charge in [-0.3, -0.25) is 0 Å². The SMILES string of the molecule is c1ccc2c(c1)c1ccccc1n2-c1ccc(-c2ccsc2-c2nnc(-c3sccc3-c3ccc(-n4c5ccccc5c5ccccc54)cc3)o2)cc1.c1ccc2c(c1)c1ccccc1n2-c1ccc(-c2ccsc2-c2nnc(-c3sccc3-c3ccc(-n4c5ccccc5c5ccccc54)cc3)o2)cc1. The Bertz CT molecular complexity index is 6030. The number of nitrogens with zero attached hydrogens (tertiary/aromatic N) is 8. The summed E-state index contributed by atoms with van der Waals surface area (Å²) in [6, 6.07) is 112. The van der Waals surface area contributed by atoms with E-state index in [2.05, 4.69) is 376 Å². The van der Waals surface area contributed by atoms with Gasteiger partial charge < -0.3 is 27.1 Å². The third-order valence-electron chi connectivity index (χ3n) is 20.4. The van der Waals surface area contributed by atoms with E-state index in [1.54, 1.807) is 45.3 Å². The Labute approximate surface area is 622 Å². The van der Waals surface area contributed by atoms with Gasteiger partial charge in [0.05, 0.1) is 63.6 Å².